The van der Waals surface area contributed by atoms with Gasteiger partial charge in [0.25, 0.3) is 10.1 Å². The van der Waals surface area contributed by atoms with E-state index in [1.165, 1.54) is 23.8 Å². The molecule has 5 N–H and O–H groups in total. The number of aryl methyl sites for hydroxylation is 3. The van der Waals surface area contributed by atoms with Crippen LogP contribution in [0.25, 0.3) is 0 Å². The van der Waals surface area contributed by atoms with Crippen LogP contribution in [0.4, 0.5) is 35.2 Å². The third-order valence-corrected chi connectivity index (χ3v) is 6.73. The first-order valence-corrected chi connectivity index (χ1v) is 13.7. The van der Waals surface area contributed by atoms with E-state index < -0.39 is 10.1 Å². The molecule has 0 fully saturated rings. The second kappa shape index (κ2) is 11.9. The summed E-state index contributed by atoms with van der Waals surface area (Å²) in [6.07, 6.45) is 0. The molecule has 0 aliphatic carbocycles. The van der Waals surface area contributed by atoms with Crippen molar-refractivity contribution in [3.63, 3.8) is 0 Å². The fourth-order valence-corrected chi connectivity index (χ4v) is 4.44. The van der Waals surface area contributed by atoms with Crippen LogP contribution in [0.2, 0.25) is 10.6 Å². The fraction of sp³-hybridized carbons (Fsp3) is 0.217. The number of aromatic nitrogens is 6. The van der Waals surface area contributed by atoms with Gasteiger partial charge in [-0.25, -0.2) is 0 Å². The summed E-state index contributed by atoms with van der Waals surface area (Å²) in [5.74, 6) is 0.920. The van der Waals surface area contributed by atoms with Crippen molar-refractivity contribution in [2.45, 2.75) is 25.7 Å². The zero-order valence-corrected chi connectivity index (χ0v) is 23.3. The molecule has 39 heavy (non-hydrogen) atoms. The molecule has 0 unspecified atom stereocenters. The molecule has 0 spiro atoms. The van der Waals surface area contributed by atoms with Gasteiger partial charge in [-0.05, 0) is 91.0 Å². The highest BCUT2D eigenvalue weighted by molar-refractivity contribution is 7.85. The van der Waals surface area contributed by atoms with Crippen molar-refractivity contribution in [1.29, 1.82) is 0 Å². The van der Waals surface area contributed by atoms with Gasteiger partial charge in [0.1, 0.15) is 0 Å². The monoisotopic (exact) mass is 590 g/mol. The number of benzene rings is 2. The lowest BCUT2D eigenvalue weighted by molar-refractivity contribution is 0.482. The molecule has 2 aromatic carbocycles. The summed E-state index contributed by atoms with van der Waals surface area (Å²) in [7, 11) is -4.32. The van der Waals surface area contributed by atoms with Crippen molar-refractivity contribution in [3.05, 3.63) is 63.7 Å². The number of nitrogens with zero attached hydrogens (tertiary/aromatic N) is 6. The number of halogens is 2. The van der Waals surface area contributed by atoms with Crippen molar-refractivity contribution in [2.75, 3.05) is 34.4 Å². The van der Waals surface area contributed by atoms with Crippen molar-refractivity contribution >= 4 is 68.5 Å². The zero-order chi connectivity index (χ0) is 28.2. The van der Waals surface area contributed by atoms with E-state index >= 15 is 0 Å². The molecule has 0 saturated carbocycles. The number of hydrogen-bond acceptors (Lipinski definition) is 12. The van der Waals surface area contributed by atoms with Crippen LogP contribution < -0.4 is 21.3 Å². The SMILES string of the molecule is Cc1ccc(Nc2nc(Cl)nc(NCCNc3nc(Cl)nc(Nc4ccc(S(=O)(=O)O)c(C)c4)n3)n2)cc1C. The average molecular weight is 591 g/mol. The largest absolute Gasteiger partial charge is 0.352 e. The van der Waals surface area contributed by atoms with Crippen LogP contribution in [-0.2, 0) is 10.1 Å². The topological polar surface area (TPSA) is 180 Å². The number of hydrogen-bond donors (Lipinski definition) is 5. The summed E-state index contributed by atoms with van der Waals surface area (Å²) >= 11 is 12.1. The second-order valence-electron chi connectivity index (χ2n) is 8.36. The van der Waals surface area contributed by atoms with Gasteiger partial charge in [-0.15, -0.1) is 0 Å². The van der Waals surface area contributed by atoms with E-state index in [9.17, 15) is 13.0 Å². The Labute approximate surface area is 234 Å². The van der Waals surface area contributed by atoms with E-state index in [0.717, 1.165) is 11.3 Å². The normalized spacial score (nSPS) is 11.2. The summed E-state index contributed by atoms with van der Waals surface area (Å²) < 4.78 is 32.1. The van der Waals surface area contributed by atoms with Crippen LogP contribution in [-0.4, -0.2) is 56.0 Å². The third kappa shape index (κ3) is 7.83. The molecule has 204 valence electrons. The van der Waals surface area contributed by atoms with Crippen molar-refractivity contribution in [3.8, 4) is 0 Å². The quantitative estimate of drug-likeness (QED) is 0.128. The van der Waals surface area contributed by atoms with Crippen LogP contribution in [0.1, 0.15) is 16.7 Å². The van der Waals surface area contributed by atoms with Gasteiger partial charge in [-0.3, -0.25) is 4.55 Å². The van der Waals surface area contributed by atoms with Crippen LogP contribution in [0.3, 0.4) is 0 Å². The van der Waals surface area contributed by atoms with Crippen LogP contribution in [0.5, 0.6) is 0 Å². The smallest absolute Gasteiger partial charge is 0.294 e. The summed E-state index contributed by atoms with van der Waals surface area (Å²) in [6.45, 7) is 6.35. The van der Waals surface area contributed by atoms with E-state index in [-0.39, 0.29) is 33.3 Å². The van der Waals surface area contributed by atoms with Crippen molar-refractivity contribution in [2.24, 2.45) is 0 Å². The lowest BCUT2D eigenvalue weighted by Crippen LogP contribution is -2.17. The predicted molar refractivity (Wildman–Crippen MR) is 150 cm³/mol. The molecule has 0 atom stereocenters. The number of rotatable bonds is 10. The Hall–Kier alpha value is -3.85. The van der Waals surface area contributed by atoms with Gasteiger partial charge < -0.3 is 21.3 Å². The highest BCUT2D eigenvalue weighted by Crippen LogP contribution is 2.22. The molecule has 2 heterocycles. The molecule has 0 bridgehead atoms. The molecule has 4 aromatic rings. The van der Waals surface area contributed by atoms with Gasteiger partial charge in [-0.2, -0.15) is 38.3 Å². The minimum Gasteiger partial charge on any atom is -0.352 e. The standard InChI is InChI=1S/C23H24Cl2N10O3S/c1-12-4-5-15(10-13(12)2)28-22-32-18(24)30-20(34-22)26-8-9-27-21-31-19(25)33-23(35-21)29-16-6-7-17(14(3)11-16)39(36,37)38/h4-7,10-11H,8-9H2,1-3H3,(H,36,37,38)(H2,26,28,30,32,34)(H2,27,29,31,33,35). The molecule has 13 nitrogen and oxygen atoms in total. The number of nitrogens with one attached hydrogen (secondary N) is 4. The molecule has 0 aliphatic heterocycles. The van der Waals surface area contributed by atoms with Crippen LogP contribution >= 0.6 is 23.2 Å². The molecular formula is C23H24Cl2N10O3S. The summed E-state index contributed by atoms with van der Waals surface area (Å²) in [5.41, 5.74) is 3.97. The first-order chi connectivity index (χ1) is 18.5. The molecule has 0 amide bonds. The Kier molecular flexibility index (Phi) is 8.60. The Balaban J connectivity index is 1.35. The molecule has 0 aliphatic rings. The highest BCUT2D eigenvalue weighted by Gasteiger charge is 2.14. The van der Waals surface area contributed by atoms with Gasteiger partial charge in [0.05, 0.1) is 4.90 Å². The first kappa shape index (κ1) is 28.2. The minimum atomic E-state index is -4.32. The van der Waals surface area contributed by atoms with E-state index in [1.807, 2.05) is 32.0 Å². The minimum absolute atomic E-state index is 0.0339. The summed E-state index contributed by atoms with van der Waals surface area (Å²) in [4.78, 5) is 24.7. The van der Waals surface area contributed by atoms with E-state index in [2.05, 4.69) is 51.2 Å². The molecular weight excluding hydrogens is 567 g/mol. The van der Waals surface area contributed by atoms with Crippen molar-refractivity contribution in [1.82, 2.24) is 29.9 Å². The van der Waals surface area contributed by atoms with Crippen molar-refractivity contribution < 1.29 is 13.0 Å². The van der Waals surface area contributed by atoms with Gasteiger partial charge in [0.2, 0.25) is 34.4 Å². The van der Waals surface area contributed by atoms with Gasteiger partial charge in [0, 0.05) is 24.5 Å². The average Bonchev–Trinajstić information content (AvgIpc) is 2.83. The lowest BCUT2D eigenvalue weighted by atomic mass is 10.1. The Morgan fingerprint density at radius 3 is 1.59 bits per heavy atom. The third-order valence-electron chi connectivity index (χ3n) is 5.38. The van der Waals surface area contributed by atoms with Gasteiger partial charge in [-0.1, -0.05) is 6.07 Å². The molecule has 16 heteroatoms. The predicted octanol–water partition coefficient (Wildman–Crippen LogP) is 4.55. The van der Waals surface area contributed by atoms with E-state index in [0.29, 0.717) is 30.3 Å². The Bertz CT molecular complexity index is 1620. The maximum absolute atomic E-state index is 11.4. The molecule has 2 aromatic heterocycles. The van der Waals surface area contributed by atoms with Gasteiger partial charge >= 0.3 is 0 Å². The molecule has 0 radical (unpaired) electrons. The van der Waals surface area contributed by atoms with E-state index in [1.54, 1.807) is 6.92 Å². The number of anilines is 6. The van der Waals surface area contributed by atoms with Crippen LogP contribution in [0.15, 0.2) is 41.3 Å². The van der Waals surface area contributed by atoms with Gasteiger partial charge in [0.15, 0.2) is 0 Å². The maximum atomic E-state index is 11.4. The van der Waals surface area contributed by atoms with Crippen LogP contribution in [0, 0.1) is 20.8 Å². The van der Waals surface area contributed by atoms with E-state index in [4.69, 9.17) is 23.2 Å². The fourth-order valence-electron chi connectivity index (χ4n) is 3.41. The Morgan fingerprint density at radius 1 is 0.667 bits per heavy atom. The Morgan fingerprint density at radius 2 is 1.13 bits per heavy atom. The maximum Gasteiger partial charge on any atom is 0.294 e. The second-order valence-corrected chi connectivity index (χ2v) is 10.4. The first-order valence-electron chi connectivity index (χ1n) is 11.5. The zero-order valence-electron chi connectivity index (χ0n) is 21.0. The molecule has 4 rings (SSSR count). The highest BCUT2D eigenvalue weighted by atomic mass is 35.5. The lowest BCUT2D eigenvalue weighted by Gasteiger charge is -2.11. The molecule has 0 saturated heterocycles. The summed E-state index contributed by atoms with van der Waals surface area (Å²) in [6, 6.07) is 10.2. The summed E-state index contributed by atoms with van der Waals surface area (Å²) in [5, 5.41) is 12.1.